The second kappa shape index (κ2) is 6.87. The van der Waals surface area contributed by atoms with E-state index in [4.69, 9.17) is 0 Å². The minimum atomic E-state index is -0.474. The van der Waals surface area contributed by atoms with Gasteiger partial charge in [0, 0.05) is 24.7 Å². The van der Waals surface area contributed by atoms with Crippen LogP contribution in [0.15, 0.2) is 53.3 Å². The third kappa shape index (κ3) is 3.18. The first kappa shape index (κ1) is 17.3. The van der Waals surface area contributed by atoms with Gasteiger partial charge in [-0.3, -0.25) is 14.2 Å². The van der Waals surface area contributed by atoms with E-state index in [-0.39, 0.29) is 11.7 Å². The van der Waals surface area contributed by atoms with E-state index < -0.39 is 11.7 Å². The van der Waals surface area contributed by atoms with Crippen LogP contribution < -0.4 is 5.69 Å². The summed E-state index contributed by atoms with van der Waals surface area (Å²) in [6.45, 7) is 2.87. The van der Waals surface area contributed by atoms with E-state index in [9.17, 15) is 14.4 Å². The number of fused-ring (bicyclic) bond motifs is 1. The molecule has 1 aliphatic rings. The van der Waals surface area contributed by atoms with E-state index in [0.29, 0.717) is 31.5 Å². The Hall–Kier alpha value is -3.15. The van der Waals surface area contributed by atoms with Crippen molar-refractivity contribution in [3.63, 3.8) is 0 Å². The zero-order valence-electron chi connectivity index (χ0n) is 15.1. The number of aryl methyl sites for hydroxylation is 1. The van der Waals surface area contributed by atoms with Gasteiger partial charge in [0.1, 0.15) is 0 Å². The highest BCUT2D eigenvalue weighted by Crippen LogP contribution is 2.25. The van der Waals surface area contributed by atoms with Gasteiger partial charge in [0.15, 0.2) is 0 Å². The number of benzene rings is 2. The molecule has 2 aromatic carbocycles. The lowest BCUT2D eigenvalue weighted by Crippen LogP contribution is -2.43. The van der Waals surface area contributed by atoms with Crippen LogP contribution in [0.2, 0.25) is 0 Å². The van der Waals surface area contributed by atoms with E-state index in [1.165, 1.54) is 0 Å². The molecule has 0 spiro atoms. The molecule has 1 fully saturated rings. The molecular weight excluding hydrogens is 342 g/mol. The molecule has 6 heteroatoms. The standard InChI is InChI=1S/C21H21N3O3/c1-14-6-8-15(9-7-14)19(25)20(26)23-12-10-16(11-13-23)24-18-5-3-2-4-17(18)22-21(24)27/h2-9,16H,10-13H2,1H3,(H,22,27). The number of piperidine rings is 1. The molecule has 0 atom stereocenters. The average Bonchev–Trinajstić information content (AvgIpc) is 3.03. The fourth-order valence-corrected chi connectivity index (χ4v) is 3.74. The molecule has 1 aliphatic heterocycles. The number of aromatic nitrogens is 2. The number of Topliss-reactive ketones (excluding diaryl/α,β-unsaturated/α-hetero) is 1. The maximum absolute atomic E-state index is 12.6. The normalized spacial score (nSPS) is 15.2. The van der Waals surface area contributed by atoms with Gasteiger partial charge < -0.3 is 9.88 Å². The minimum absolute atomic E-state index is 0.0205. The lowest BCUT2D eigenvalue weighted by molar-refractivity contribution is -0.127. The number of rotatable bonds is 3. The topological polar surface area (TPSA) is 75.2 Å². The Labute approximate surface area is 156 Å². The smallest absolute Gasteiger partial charge is 0.326 e. The molecule has 0 saturated carbocycles. The van der Waals surface area contributed by atoms with E-state index in [0.717, 1.165) is 16.6 Å². The molecular formula is C21H21N3O3. The van der Waals surface area contributed by atoms with Gasteiger partial charge in [-0.25, -0.2) is 4.79 Å². The van der Waals surface area contributed by atoms with Crippen molar-refractivity contribution < 1.29 is 9.59 Å². The van der Waals surface area contributed by atoms with Gasteiger partial charge in [-0.1, -0.05) is 42.0 Å². The van der Waals surface area contributed by atoms with Gasteiger partial charge >= 0.3 is 5.69 Å². The number of nitrogens with zero attached hydrogens (tertiary/aromatic N) is 2. The monoisotopic (exact) mass is 363 g/mol. The number of para-hydroxylation sites is 2. The number of amides is 1. The molecule has 1 N–H and O–H groups in total. The Bertz CT molecular complexity index is 1050. The van der Waals surface area contributed by atoms with Gasteiger partial charge in [-0.05, 0) is 31.9 Å². The zero-order valence-corrected chi connectivity index (χ0v) is 15.1. The number of ketones is 1. The van der Waals surface area contributed by atoms with E-state index in [2.05, 4.69) is 4.98 Å². The minimum Gasteiger partial charge on any atom is -0.336 e. The summed E-state index contributed by atoms with van der Waals surface area (Å²) in [6, 6.07) is 14.7. The molecule has 2 heterocycles. The summed E-state index contributed by atoms with van der Waals surface area (Å²) in [5.74, 6) is -0.943. The number of hydrogen-bond acceptors (Lipinski definition) is 3. The number of carbonyl (C=O) groups excluding carboxylic acids is 2. The lowest BCUT2D eigenvalue weighted by Gasteiger charge is -2.32. The van der Waals surface area contributed by atoms with Crippen molar-refractivity contribution in [2.45, 2.75) is 25.8 Å². The van der Waals surface area contributed by atoms with Crippen molar-refractivity contribution in [1.29, 1.82) is 0 Å². The first-order valence-electron chi connectivity index (χ1n) is 9.14. The summed E-state index contributed by atoms with van der Waals surface area (Å²) < 4.78 is 1.78. The predicted octanol–water partition coefficient (Wildman–Crippen LogP) is 2.68. The fourth-order valence-electron chi connectivity index (χ4n) is 3.74. The Morgan fingerprint density at radius 1 is 1.00 bits per heavy atom. The number of imidazole rings is 1. The molecule has 3 aromatic rings. The lowest BCUT2D eigenvalue weighted by atomic mass is 10.0. The highest BCUT2D eigenvalue weighted by Gasteiger charge is 2.29. The molecule has 0 aliphatic carbocycles. The van der Waals surface area contributed by atoms with E-state index in [1.807, 2.05) is 43.3 Å². The van der Waals surface area contributed by atoms with Gasteiger partial charge in [0.05, 0.1) is 11.0 Å². The first-order chi connectivity index (χ1) is 13.0. The molecule has 0 radical (unpaired) electrons. The largest absolute Gasteiger partial charge is 0.336 e. The number of aromatic amines is 1. The van der Waals surface area contributed by atoms with Crippen LogP contribution in [0.1, 0.15) is 34.8 Å². The van der Waals surface area contributed by atoms with Crippen LogP contribution in [0.4, 0.5) is 0 Å². The van der Waals surface area contributed by atoms with Crippen molar-refractivity contribution in [2.75, 3.05) is 13.1 Å². The zero-order chi connectivity index (χ0) is 19.0. The highest BCUT2D eigenvalue weighted by atomic mass is 16.2. The fraction of sp³-hybridized carbons (Fsp3) is 0.286. The van der Waals surface area contributed by atoms with Crippen LogP contribution in [0.3, 0.4) is 0 Å². The molecule has 4 rings (SSSR count). The number of H-pyrrole nitrogens is 1. The van der Waals surface area contributed by atoms with E-state index in [1.54, 1.807) is 21.6 Å². The number of likely N-dealkylation sites (tertiary alicyclic amines) is 1. The summed E-state index contributed by atoms with van der Waals surface area (Å²) >= 11 is 0. The van der Waals surface area contributed by atoms with Crippen LogP contribution in [0, 0.1) is 6.92 Å². The molecule has 0 unspecified atom stereocenters. The highest BCUT2D eigenvalue weighted by molar-refractivity contribution is 6.42. The molecule has 1 saturated heterocycles. The average molecular weight is 363 g/mol. The maximum Gasteiger partial charge on any atom is 0.326 e. The molecule has 1 aromatic heterocycles. The van der Waals surface area contributed by atoms with Crippen LogP contribution >= 0.6 is 0 Å². The molecule has 6 nitrogen and oxygen atoms in total. The van der Waals surface area contributed by atoms with Crippen molar-refractivity contribution >= 4 is 22.7 Å². The predicted molar refractivity (Wildman–Crippen MR) is 103 cm³/mol. The van der Waals surface area contributed by atoms with Gasteiger partial charge in [-0.15, -0.1) is 0 Å². The summed E-state index contributed by atoms with van der Waals surface area (Å²) in [7, 11) is 0. The van der Waals surface area contributed by atoms with E-state index >= 15 is 0 Å². The third-order valence-corrected chi connectivity index (χ3v) is 5.25. The summed E-state index contributed by atoms with van der Waals surface area (Å²) in [6.07, 6.45) is 1.29. The van der Waals surface area contributed by atoms with Gasteiger partial charge in [0.2, 0.25) is 5.78 Å². The molecule has 138 valence electrons. The Morgan fingerprint density at radius 2 is 1.67 bits per heavy atom. The van der Waals surface area contributed by atoms with Crippen molar-refractivity contribution in [3.8, 4) is 0 Å². The first-order valence-corrected chi connectivity index (χ1v) is 9.14. The molecule has 27 heavy (non-hydrogen) atoms. The third-order valence-electron chi connectivity index (χ3n) is 5.25. The second-order valence-electron chi connectivity index (χ2n) is 7.04. The molecule has 1 amide bonds. The SMILES string of the molecule is Cc1ccc(C(=O)C(=O)N2CCC(n3c(=O)[nH]c4ccccc43)CC2)cc1. The number of hydrogen-bond donors (Lipinski definition) is 1. The quantitative estimate of drug-likeness (QED) is 0.574. The van der Waals surface area contributed by atoms with Crippen molar-refractivity contribution in [1.82, 2.24) is 14.5 Å². The van der Waals surface area contributed by atoms with Gasteiger partial charge in [-0.2, -0.15) is 0 Å². The van der Waals surface area contributed by atoms with Crippen LogP contribution in [0.5, 0.6) is 0 Å². The van der Waals surface area contributed by atoms with Crippen molar-refractivity contribution in [2.24, 2.45) is 0 Å². The summed E-state index contributed by atoms with van der Waals surface area (Å²) in [5, 5.41) is 0. The Morgan fingerprint density at radius 3 is 2.37 bits per heavy atom. The number of nitrogens with one attached hydrogen (secondary N) is 1. The second-order valence-corrected chi connectivity index (χ2v) is 7.04. The molecule has 0 bridgehead atoms. The number of carbonyl (C=O) groups is 2. The maximum atomic E-state index is 12.6. The van der Waals surface area contributed by atoms with Crippen LogP contribution in [-0.4, -0.2) is 39.2 Å². The van der Waals surface area contributed by atoms with Crippen molar-refractivity contribution in [3.05, 3.63) is 70.1 Å². The Balaban J connectivity index is 1.48. The summed E-state index contributed by atoms with van der Waals surface area (Å²) in [4.78, 5) is 41.8. The van der Waals surface area contributed by atoms with Gasteiger partial charge in [0.25, 0.3) is 5.91 Å². The Kier molecular flexibility index (Phi) is 4.39. The van der Waals surface area contributed by atoms with Crippen LogP contribution in [-0.2, 0) is 4.79 Å². The van der Waals surface area contributed by atoms with Crippen LogP contribution in [0.25, 0.3) is 11.0 Å². The summed E-state index contributed by atoms with van der Waals surface area (Å²) in [5.41, 5.74) is 3.03.